The predicted molar refractivity (Wildman–Crippen MR) is 77.0 cm³/mol. The molecule has 0 saturated carbocycles. The zero-order valence-electron chi connectivity index (χ0n) is 17.1. The molecule has 1 aliphatic heterocycles. The van der Waals surface area contributed by atoms with Crippen molar-refractivity contribution in [2.24, 2.45) is 0 Å². The molecule has 1 saturated heterocycles. The van der Waals surface area contributed by atoms with Crippen LogP contribution in [0.15, 0.2) is 17.1 Å². The third-order valence-electron chi connectivity index (χ3n) is 3.07. The van der Waals surface area contributed by atoms with Gasteiger partial charge in [0, 0.05) is 6.20 Å². The first-order valence-corrected chi connectivity index (χ1v) is 11.4. The Hall–Kier alpha value is 1.44. The summed E-state index contributed by atoms with van der Waals surface area (Å²) < 4.78 is 49.9. The van der Waals surface area contributed by atoms with Gasteiger partial charge in [0.1, 0.15) is 12.0 Å². The Morgan fingerprint density at radius 1 is 1.06 bits per heavy atom. The smallest absolute Gasteiger partial charge is 0.790 e. The summed E-state index contributed by atoms with van der Waals surface area (Å²) in [6.45, 7) is -0.708. The van der Waals surface area contributed by atoms with Crippen LogP contribution < -0.4 is 106 Å². The fraction of sp³-hybridized carbons (Fsp3) is 0.556. The second kappa shape index (κ2) is 14.8. The van der Waals surface area contributed by atoms with Crippen LogP contribution in [-0.4, -0.2) is 22.3 Å². The van der Waals surface area contributed by atoms with Crippen LogP contribution >= 0.6 is 23.5 Å². The summed E-state index contributed by atoms with van der Waals surface area (Å²) >= 11 is 0. The van der Waals surface area contributed by atoms with Gasteiger partial charge in [-0.15, -0.1) is 0 Å². The van der Waals surface area contributed by atoms with E-state index in [2.05, 4.69) is 18.1 Å². The minimum Gasteiger partial charge on any atom is -0.790 e. The molecule has 0 aliphatic carbocycles. The Bertz CT molecular complexity index is 900. The van der Waals surface area contributed by atoms with Crippen molar-refractivity contribution >= 4 is 29.3 Å². The van der Waals surface area contributed by atoms with Gasteiger partial charge >= 0.3 is 81.1 Å². The van der Waals surface area contributed by atoms with Crippen LogP contribution in [0.3, 0.4) is 0 Å². The quantitative estimate of drug-likeness (QED) is 0.271. The molecule has 0 spiro atoms. The SMILES string of the molecule is Nc1ccn(C2CCC(COP(=O)([O-])OP(=O)([O-])OP(=O)([O-])[O-])O2)c(=O)n1.[Li+].[Li+].[Li+].[Li+]. The van der Waals surface area contributed by atoms with Gasteiger partial charge in [0.25, 0.3) is 15.6 Å². The average Bonchev–Trinajstić information content (AvgIpc) is 2.90. The summed E-state index contributed by atoms with van der Waals surface area (Å²) in [6, 6.07) is 1.35. The molecule has 1 aromatic rings. The predicted octanol–water partition coefficient (Wildman–Crippen LogP) is -14.7. The van der Waals surface area contributed by atoms with Crippen LogP contribution in [0.4, 0.5) is 5.82 Å². The van der Waals surface area contributed by atoms with E-state index in [0.29, 0.717) is 0 Å². The number of phosphoric ester groups is 1. The van der Waals surface area contributed by atoms with E-state index in [1.54, 1.807) is 0 Å². The Morgan fingerprint density at radius 2 is 1.65 bits per heavy atom. The van der Waals surface area contributed by atoms with E-state index in [4.69, 9.17) is 10.5 Å². The first-order valence-electron chi connectivity index (χ1n) is 6.98. The molecule has 0 bridgehead atoms. The normalized spacial score (nSPS) is 21.8. The third-order valence-corrected chi connectivity index (χ3v) is 6.73. The van der Waals surface area contributed by atoms with Gasteiger partial charge in [-0.1, -0.05) is 0 Å². The second-order valence-corrected chi connectivity index (χ2v) is 9.38. The van der Waals surface area contributed by atoms with Gasteiger partial charge < -0.3 is 39.1 Å². The Labute approximate surface area is 224 Å². The largest absolute Gasteiger partial charge is 1.00 e. The molecule has 0 amide bonds. The second-order valence-electron chi connectivity index (χ2n) is 5.13. The van der Waals surface area contributed by atoms with E-state index in [1.807, 2.05) is 0 Å². The third kappa shape index (κ3) is 13.2. The monoisotopic (exact) mass is 475 g/mol. The van der Waals surface area contributed by atoms with Crippen LogP contribution in [0, 0.1) is 0 Å². The number of ether oxygens (including phenoxy) is 1. The van der Waals surface area contributed by atoms with E-state index >= 15 is 0 Å². The van der Waals surface area contributed by atoms with E-state index in [1.165, 1.54) is 12.3 Å². The van der Waals surface area contributed by atoms with Crippen molar-refractivity contribution in [1.29, 1.82) is 0 Å². The van der Waals surface area contributed by atoms with Gasteiger partial charge in [0.05, 0.1) is 20.5 Å². The minimum atomic E-state index is -6.05. The summed E-state index contributed by atoms with van der Waals surface area (Å²) in [5, 5.41) is 0. The summed E-state index contributed by atoms with van der Waals surface area (Å²) in [5.41, 5.74) is 4.67. The standard InChI is InChI=1S/C9H16N3O12P3.4Li/c10-7-3-4-12(9(13)11-7)8-2-1-6(22-8)5-21-26(17,18)24-27(19,20)23-25(14,15)16;;;;/h3-4,6,8H,1-2,5H2,(H,17,18)(H,19,20)(H2,10,11,13)(H2,14,15,16);;;;/q;4*+1/p-4. The van der Waals surface area contributed by atoms with Crippen LogP contribution in [0.25, 0.3) is 0 Å². The molecule has 31 heavy (non-hydrogen) atoms. The van der Waals surface area contributed by atoms with Crippen molar-refractivity contribution in [2.75, 3.05) is 12.3 Å². The topological polar surface area (TPSA) is 241 Å². The summed E-state index contributed by atoms with van der Waals surface area (Å²) in [6.07, 6.45) is 0.176. The average molecular weight is 475 g/mol. The summed E-state index contributed by atoms with van der Waals surface area (Å²) in [5.74, 6) is 0.00328. The van der Waals surface area contributed by atoms with Crippen molar-refractivity contribution in [1.82, 2.24) is 9.55 Å². The van der Waals surface area contributed by atoms with Crippen molar-refractivity contribution in [3.63, 3.8) is 0 Å². The summed E-state index contributed by atoms with van der Waals surface area (Å²) in [4.78, 5) is 58.1. The first kappa shape index (κ1) is 37.0. The maximum atomic E-state index is 11.7. The molecule has 0 radical (unpaired) electrons. The molecule has 4 atom stereocenters. The van der Waals surface area contributed by atoms with Crippen LogP contribution in [0.5, 0.6) is 0 Å². The number of phosphoric acid groups is 3. The van der Waals surface area contributed by atoms with Gasteiger partial charge in [0.15, 0.2) is 0 Å². The molecular weight excluding hydrogens is 463 g/mol. The number of hydrogen-bond acceptors (Lipinski definition) is 14. The zero-order valence-corrected chi connectivity index (χ0v) is 19.8. The Balaban J connectivity index is -0.00000196. The number of nitrogen functional groups attached to an aromatic ring is 1. The molecule has 4 unspecified atom stereocenters. The van der Waals surface area contributed by atoms with Crippen LogP contribution in [0.2, 0.25) is 0 Å². The molecule has 0 aromatic carbocycles. The number of nitrogens with zero attached hydrogens (tertiary/aromatic N) is 2. The van der Waals surface area contributed by atoms with Crippen LogP contribution in [0.1, 0.15) is 19.1 Å². The molecule has 22 heteroatoms. The zero-order chi connectivity index (χ0) is 20.5. The number of aromatic nitrogens is 2. The maximum Gasteiger partial charge on any atom is 1.00 e. The van der Waals surface area contributed by atoms with Gasteiger partial charge in [-0.05, 0) is 18.9 Å². The van der Waals surface area contributed by atoms with E-state index in [9.17, 15) is 38.1 Å². The van der Waals surface area contributed by atoms with Crippen LogP contribution in [-0.2, 0) is 31.6 Å². The fourth-order valence-corrected chi connectivity index (χ4v) is 5.00. The first-order chi connectivity index (χ1) is 12.3. The van der Waals surface area contributed by atoms with E-state index < -0.39 is 48.1 Å². The number of rotatable bonds is 8. The van der Waals surface area contributed by atoms with Crippen molar-refractivity contribution in [3.05, 3.63) is 22.7 Å². The molecule has 15 nitrogen and oxygen atoms in total. The molecular formula is C9H12Li4N3O12P3. The molecule has 1 fully saturated rings. The molecule has 2 N–H and O–H groups in total. The molecule has 2 rings (SSSR count). The molecule has 2 heterocycles. The summed E-state index contributed by atoms with van der Waals surface area (Å²) in [7, 11) is -17.7. The van der Waals surface area contributed by atoms with E-state index in [0.717, 1.165) is 4.57 Å². The van der Waals surface area contributed by atoms with Gasteiger partial charge in [-0.25, -0.2) is 9.11 Å². The molecule has 1 aromatic heterocycles. The van der Waals surface area contributed by atoms with Crippen molar-refractivity contribution < 1.29 is 127 Å². The molecule has 1 aliphatic rings. The van der Waals surface area contributed by atoms with E-state index in [-0.39, 0.29) is 94.1 Å². The number of hydrogen-bond donors (Lipinski definition) is 1. The number of nitrogens with two attached hydrogens (primary N) is 1. The fourth-order valence-electron chi connectivity index (χ4n) is 2.12. The minimum absolute atomic E-state index is 0. The molecule has 154 valence electrons. The van der Waals surface area contributed by atoms with Gasteiger partial charge in [0.2, 0.25) is 0 Å². The van der Waals surface area contributed by atoms with Crippen molar-refractivity contribution in [3.8, 4) is 0 Å². The number of anilines is 1. The maximum absolute atomic E-state index is 11.7. The van der Waals surface area contributed by atoms with Gasteiger partial charge in [-0.2, -0.15) is 4.98 Å². The van der Waals surface area contributed by atoms with Crippen molar-refractivity contribution in [2.45, 2.75) is 25.2 Å². The Morgan fingerprint density at radius 3 is 2.16 bits per heavy atom. The Kier molecular flexibility index (Phi) is 17.6. The van der Waals surface area contributed by atoms with Gasteiger partial charge in [-0.3, -0.25) is 18.0 Å².